The summed E-state index contributed by atoms with van der Waals surface area (Å²) in [6, 6.07) is 6.59. The van der Waals surface area contributed by atoms with Crippen LogP contribution in [0.4, 0.5) is 0 Å². The summed E-state index contributed by atoms with van der Waals surface area (Å²) in [6.07, 6.45) is 5.06. The van der Waals surface area contributed by atoms with E-state index in [1.54, 1.807) is 7.11 Å². The molecule has 4 heteroatoms. The van der Waals surface area contributed by atoms with E-state index >= 15 is 0 Å². The second kappa shape index (κ2) is 5.53. The molecule has 1 aromatic heterocycles. The van der Waals surface area contributed by atoms with E-state index in [-0.39, 0.29) is 5.41 Å². The van der Waals surface area contributed by atoms with Gasteiger partial charge in [0.15, 0.2) is 0 Å². The van der Waals surface area contributed by atoms with E-state index < -0.39 is 0 Å². The topological polar surface area (TPSA) is 27.1 Å². The summed E-state index contributed by atoms with van der Waals surface area (Å²) < 4.78 is 7.69. The number of aromatic nitrogens is 2. The second-order valence-electron chi connectivity index (χ2n) is 6.64. The molecule has 1 heterocycles. The van der Waals surface area contributed by atoms with Crippen molar-refractivity contribution in [3.8, 4) is 5.75 Å². The molecule has 0 N–H and O–H groups in total. The van der Waals surface area contributed by atoms with Crippen molar-refractivity contribution >= 4 is 22.6 Å². The third-order valence-corrected chi connectivity index (χ3v) is 5.09. The van der Waals surface area contributed by atoms with Gasteiger partial charge in [0.05, 0.1) is 24.0 Å². The first-order valence-corrected chi connectivity index (χ1v) is 8.21. The van der Waals surface area contributed by atoms with Gasteiger partial charge in [0.2, 0.25) is 0 Å². The standard InChI is InChI=1S/C17H23ClN2O/c1-17(2)9-5-4-6-15(17)20-14-8-7-12(21-3)10-13(14)19-16(20)11-18/h7-8,10,15H,4-6,9,11H2,1-3H3. The van der Waals surface area contributed by atoms with Gasteiger partial charge in [0.1, 0.15) is 11.6 Å². The molecule has 0 amide bonds. The van der Waals surface area contributed by atoms with Crippen molar-refractivity contribution in [2.45, 2.75) is 51.5 Å². The molecule has 1 aliphatic rings. The minimum atomic E-state index is 0.284. The first-order valence-electron chi connectivity index (χ1n) is 7.67. The highest BCUT2D eigenvalue weighted by atomic mass is 35.5. The molecule has 1 unspecified atom stereocenters. The molecule has 2 aromatic rings. The molecule has 3 rings (SSSR count). The van der Waals surface area contributed by atoms with Crippen LogP contribution in [0.2, 0.25) is 0 Å². The van der Waals surface area contributed by atoms with Gasteiger partial charge < -0.3 is 9.30 Å². The second-order valence-corrected chi connectivity index (χ2v) is 6.90. The quantitative estimate of drug-likeness (QED) is 0.752. The molecule has 0 saturated heterocycles. The summed E-state index contributed by atoms with van der Waals surface area (Å²) in [7, 11) is 1.69. The highest BCUT2D eigenvalue weighted by Gasteiger charge is 2.35. The van der Waals surface area contributed by atoms with Crippen LogP contribution in [0.15, 0.2) is 18.2 Å². The average Bonchev–Trinajstić information content (AvgIpc) is 2.84. The Morgan fingerprint density at radius 2 is 2.19 bits per heavy atom. The summed E-state index contributed by atoms with van der Waals surface area (Å²) in [5, 5.41) is 0. The van der Waals surface area contributed by atoms with E-state index in [4.69, 9.17) is 21.3 Å². The molecule has 114 valence electrons. The fraction of sp³-hybridized carbons (Fsp3) is 0.588. The highest BCUT2D eigenvalue weighted by Crippen LogP contribution is 2.45. The number of methoxy groups -OCH3 is 1. The lowest BCUT2D eigenvalue weighted by atomic mass is 9.73. The van der Waals surface area contributed by atoms with Crippen LogP contribution >= 0.6 is 11.6 Å². The van der Waals surface area contributed by atoms with Gasteiger partial charge >= 0.3 is 0 Å². The number of imidazole rings is 1. The molecule has 1 fully saturated rings. The summed E-state index contributed by atoms with van der Waals surface area (Å²) in [6.45, 7) is 4.73. The third kappa shape index (κ3) is 2.52. The van der Waals surface area contributed by atoms with Gasteiger partial charge in [-0.25, -0.2) is 4.98 Å². The largest absolute Gasteiger partial charge is 0.497 e. The fourth-order valence-corrected chi connectivity index (χ4v) is 3.84. The number of benzene rings is 1. The molecule has 1 aliphatic carbocycles. The molecule has 1 aromatic carbocycles. The molecule has 1 atom stereocenters. The summed E-state index contributed by atoms with van der Waals surface area (Å²) in [4.78, 5) is 4.73. The normalized spacial score (nSPS) is 21.6. The van der Waals surface area contributed by atoms with Crippen molar-refractivity contribution in [1.29, 1.82) is 0 Å². The van der Waals surface area contributed by atoms with Gasteiger partial charge in [-0.2, -0.15) is 0 Å². The number of fused-ring (bicyclic) bond motifs is 1. The lowest BCUT2D eigenvalue weighted by Gasteiger charge is -2.40. The fourth-order valence-electron chi connectivity index (χ4n) is 3.65. The van der Waals surface area contributed by atoms with E-state index in [9.17, 15) is 0 Å². The van der Waals surface area contributed by atoms with Crippen molar-refractivity contribution in [3.63, 3.8) is 0 Å². The number of rotatable bonds is 3. The Morgan fingerprint density at radius 1 is 1.38 bits per heavy atom. The number of halogens is 1. The Bertz CT molecular complexity index is 648. The van der Waals surface area contributed by atoms with Crippen LogP contribution in [0.3, 0.4) is 0 Å². The van der Waals surface area contributed by atoms with Crippen molar-refractivity contribution in [1.82, 2.24) is 9.55 Å². The van der Waals surface area contributed by atoms with E-state index in [1.165, 1.54) is 31.2 Å². The first-order chi connectivity index (χ1) is 10.1. The number of hydrogen-bond acceptors (Lipinski definition) is 2. The highest BCUT2D eigenvalue weighted by molar-refractivity contribution is 6.16. The van der Waals surface area contributed by atoms with E-state index in [0.29, 0.717) is 11.9 Å². The Hall–Kier alpha value is -1.22. The zero-order chi connectivity index (χ0) is 15.0. The smallest absolute Gasteiger partial charge is 0.125 e. The van der Waals surface area contributed by atoms with Crippen molar-refractivity contribution in [2.75, 3.05) is 7.11 Å². The number of alkyl halides is 1. The van der Waals surface area contributed by atoms with Crippen molar-refractivity contribution in [2.24, 2.45) is 5.41 Å². The average molecular weight is 307 g/mol. The zero-order valence-corrected chi connectivity index (χ0v) is 13.8. The number of ether oxygens (including phenoxy) is 1. The SMILES string of the molecule is COc1ccc2c(c1)nc(CCl)n2C1CCCCC1(C)C. The monoisotopic (exact) mass is 306 g/mol. The molecule has 21 heavy (non-hydrogen) atoms. The van der Waals surface area contributed by atoms with Gasteiger partial charge in [-0.05, 0) is 30.4 Å². The van der Waals surface area contributed by atoms with E-state index in [1.807, 2.05) is 12.1 Å². The maximum atomic E-state index is 6.17. The summed E-state index contributed by atoms with van der Waals surface area (Å²) >= 11 is 6.17. The van der Waals surface area contributed by atoms with Crippen LogP contribution in [0, 0.1) is 5.41 Å². The van der Waals surface area contributed by atoms with Gasteiger partial charge in [-0.3, -0.25) is 0 Å². The molecule has 1 saturated carbocycles. The third-order valence-electron chi connectivity index (χ3n) is 4.85. The van der Waals surface area contributed by atoms with Crippen LogP contribution in [0.1, 0.15) is 51.4 Å². The molecule has 0 bridgehead atoms. The number of hydrogen-bond donors (Lipinski definition) is 0. The van der Waals surface area contributed by atoms with Gasteiger partial charge in [0.25, 0.3) is 0 Å². The van der Waals surface area contributed by atoms with E-state index in [0.717, 1.165) is 17.1 Å². The van der Waals surface area contributed by atoms with Gasteiger partial charge in [0, 0.05) is 12.1 Å². The minimum Gasteiger partial charge on any atom is -0.497 e. The van der Waals surface area contributed by atoms with Crippen molar-refractivity contribution < 1.29 is 4.74 Å². The van der Waals surface area contributed by atoms with Crippen molar-refractivity contribution in [3.05, 3.63) is 24.0 Å². The summed E-state index contributed by atoms with van der Waals surface area (Å²) in [5.74, 6) is 2.26. The zero-order valence-electron chi connectivity index (χ0n) is 13.0. The Labute approximate surface area is 131 Å². The molecule has 0 spiro atoms. The predicted octanol–water partition coefficient (Wildman–Crippen LogP) is 4.93. The van der Waals surface area contributed by atoms with Crippen LogP contribution in [0.25, 0.3) is 11.0 Å². The number of nitrogens with zero attached hydrogens (tertiary/aromatic N) is 2. The molecular weight excluding hydrogens is 284 g/mol. The van der Waals surface area contributed by atoms with Crippen LogP contribution in [-0.4, -0.2) is 16.7 Å². The van der Waals surface area contributed by atoms with Crippen LogP contribution < -0.4 is 4.74 Å². The van der Waals surface area contributed by atoms with Crippen LogP contribution in [-0.2, 0) is 5.88 Å². The van der Waals surface area contributed by atoms with E-state index in [2.05, 4.69) is 24.5 Å². The Kier molecular flexibility index (Phi) is 3.87. The Morgan fingerprint density at radius 3 is 2.86 bits per heavy atom. The molecule has 3 nitrogen and oxygen atoms in total. The van der Waals surface area contributed by atoms with Crippen LogP contribution in [0.5, 0.6) is 5.75 Å². The predicted molar refractivity (Wildman–Crippen MR) is 87.1 cm³/mol. The Balaban J connectivity index is 2.16. The maximum absolute atomic E-state index is 6.17. The molecule has 0 aliphatic heterocycles. The van der Waals surface area contributed by atoms with Gasteiger partial charge in [-0.15, -0.1) is 11.6 Å². The summed E-state index contributed by atoms with van der Waals surface area (Å²) in [5.41, 5.74) is 2.44. The van der Waals surface area contributed by atoms with Gasteiger partial charge in [-0.1, -0.05) is 26.7 Å². The maximum Gasteiger partial charge on any atom is 0.125 e. The lowest BCUT2D eigenvalue weighted by molar-refractivity contribution is 0.145. The molecule has 0 radical (unpaired) electrons. The lowest BCUT2D eigenvalue weighted by Crippen LogP contribution is -2.31. The minimum absolute atomic E-state index is 0.284. The first kappa shape index (κ1) is 14.7. The molecular formula is C17H23ClN2O.